The Bertz CT molecular complexity index is 933. The summed E-state index contributed by atoms with van der Waals surface area (Å²) in [5.41, 5.74) is 4.41. The van der Waals surface area contributed by atoms with E-state index in [1.54, 1.807) is 0 Å². The lowest BCUT2D eigenvalue weighted by atomic mass is 9.71. The highest BCUT2D eigenvalue weighted by atomic mass is 16.2. The van der Waals surface area contributed by atoms with Gasteiger partial charge in [-0.05, 0) is 59.9 Å². The number of carbonyl (C=O) groups is 2. The molecule has 0 spiro atoms. The molecule has 1 saturated carbocycles. The maximum absolute atomic E-state index is 12.6. The highest BCUT2D eigenvalue weighted by molar-refractivity contribution is 5.93. The molecule has 158 valence electrons. The number of hydrogen-bond acceptors (Lipinski definition) is 2. The number of urea groups is 1. The van der Waals surface area contributed by atoms with E-state index in [1.807, 2.05) is 30.3 Å². The number of amides is 3. The van der Waals surface area contributed by atoms with Gasteiger partial charge in [0, 0.05) is 18.2 Å². The van der Waals surface area contributed by atoms with Crippen molar-refractivity contribution in [1.82, 2.24) is 10.6 Å². The minimum absolute atomic E-state index is 0.0299. The monoisotopic (exact) mass is 405 g/mol. The van der Waals surface area contributed by atoms with E-state index in [4.69, 9.17) is 0 Å². The first kappa shape index (κ1) is 20.5. The van der Waals surface area contributed by atoms with Gasteiger partial charge in [0.1, 0.15) is 0 Å². The third-order valence-corrected chi connectivity index (χ3v) is 6.55. The quantitative estimate of drug-likeness (QED) is 0.652. The van der Waals surface area contributed by atoms with Crippen LogP contribution < -0.4 is 16.0 Å². The molecule has 0 aromatic heterocycles. The molecule has 0 heterocycles. The van der Waals surface area contributed by atoms with Gasteiger partial charge in [-0.1, -0.05) is 56.7 Å². The van der Waals surface area contributed by atoms with Crippen LogP contribution in [0.1, 0.15) is 68.7 Å². The second-order valence-electron chi connectivity index (χ2n) is 9.21. The Balaban J connectivity index is 1.33. The van der Waals surface area contributed by atoms with Crippen molar-refractivity contribution in [2.45, 2.75) is 64.0 Å². The van der Waals surface area contributed by atoms with E-state index in [0.29, 0.717) is 6.54 Å². The van der Waals surface area contributed by atoms with Gasteiger partial charge in [0.05, 0.1) is 6.04 Å². The van der Waals surface area contributed by atoms with E-state index < -0.39 is 0 Å². The summed E-state index contributed by atoms with van der Waals surface area (Å²) < 4.78 is 0. The number of nitrogens with one attached hydrogen (secondary N) is 3. The number of hydrogen-bond donors (Lipinski definition) is 3. The molecule has 2 aromatic rings. The Labute approximate surface area is 178 Å². The van der Waals surface area contributed by atoms with Gasteiger partial charge in [-0.3, -0.25) is 4.79 Å². The third-order valence-electron chi connectivity index (χ3n) is 6.55. The fourth-order valence-corrected chi connectivity index (χ4v) is 4.43. The van der Waals surface area contributed by atoms with Crippen LogP contribution in [0.15, 0.2) is 48.5 Å². The van der Waals surface area contributed by atoms with E-state index in [2.05, 4.69) is 48.0 Å². The topological polar surface area (TPSA) is 70.2 Å². The second-order valence-corrected chi connectivity index (χ2v) is 9.21. The van der Waals surface area contributed by atoms with Gasteiger partial charge in [-0.2, -0.15) is 0 Å². The zero-order valence-electron chi connectivity index (χ0n) is 17.8. The van der Waals surface area contributed by atoms with Crippen LogP contribution in [0.25, 0.3) is 0 Å². The van der Waals surface area contributed by atoms with Gasteiger partial charge in [-0.15, -0.1) is 0 Å². The molecule has 0 bridgehead atoms. The van der Waals surface area contributed by atoms with E-state index in [0.717, 1.165) is 43.4 Å². The van der Waals surface area contributed by atoms with Crippen molar-refractivity contribution in [3.8, 4) is 0 Å². The Kier molecular flexibility index (Phi) is 5.80. The normalized spacial score (nSPS) is 19.9. The first-order valence-corrected chi connectivity index (χ1v) is 11.0. The maximum Gasteiger partial charge on any atom is 0.315 e. The van der Waals surface area contributed by atoms with Crippen molar-refractivity contribution < 1.29 is 9.59 Å². The molecule has 2 aliphatic carbocycles. The fraction of sp³-hybridized carbons (Fsp3) is 0.440. The van der Waals surface area contributed by atoms with Crippen LogP contribution >= 0.6 is 0 Å². The molecule has 1 fully saturated rings. The standard InChI is InChI=1S/C25H31N3O2/c1-25(2)14-13-22(20-11-3-4-12-21(20)25)28-24(30)26-16-17-7-5-10-19(15-17)27-23(29)18-8-6-9-18/h3-5,7,10-12,15,18,22H,6,8-9,13-14,16H2,1-2H3,(H,27,29)(H2,26,28,30)/t22-/m1/s1. The summed E-state index contributed by atoms with van der Waals surface area (Å²) in [6.45, 7) is 4.94. The van der Waals surface area contributed by atoms with E-state index >= 15 is 0 Å². The summed E-state index contributed by atoms with van der Waals surface area (Å²) in [5.74, 6) is 0.254. The van der Waals surface area contributed by atoms with Crippen molar-refractivity contribution in [2.75, 3.05) is 5.32 Å². The molecule has 1 atom stereocenters. The second kappa shape index (κ2) is 8.50. The van der Waals surface area contributed by atoms with E-state index in [1.165, 1.54) is 11.1 Å². The Morgan fingerprint density at radius 3 is 2.60 bits per heavy atom. The largest absolute Gasteiger partial charge is 0.334 e. The predicted molar refractivity (Wildman–Crippen MR) is 119 cm³/mol. The van der Waals surface area contributed by atoms with Gasteiger partial charge in [0.15, 0.2) is 0 Å². The zero-order valence-corrected chi connectivity index (χ0v) is 17.8. The van der Waals surface area contributed by atoms with Crippen LogP contribution in [0.4, 0.5) is 10.5 Å². The lowest BCUT2D eigenvalue weighted by molar-refractivity contribution is -0.122. The molecule has 2 aliphatic rings. The number of benzene rings is 2. The molecule has 5 heteroatoms. The average Bonchev–Trinajstić information content (AvgIpc) is 2.68. The molecule has 0 radical (unpaired) electrons. The summed E-state index contributed by atoms with van der Waals surface area (Å²) in [4.78, 5) is 24.7. The number of fused-ring (bicyclic) bond motifs is 1. The van der Waals surface area contributed by atoms with Gasteiger partial charge in [0.2, 0.25) is 5.91 Å². The number of rotatable bonds is 5. The molecular weight excluding hydrogens is 374 g/mol. The van der Waals surface area contributed by atoms with Crippen LogP contribution in [0.2, 0.25) is 0 Å². The lowest BCUT2D eigenvalue weighted by Crippen LogP contribution is -2.40. The molecule has 0 unspecified atom stereocenters. The van der Waals surface area contributed by atoms with Crippen molar-refractivity contribution in [3.05, 3.63) is 65.2 Å². The van der Waals surface area contributed by atoms with Crippen molar-refractivity contribution in [2.24, 2.45) is 5.92 Å². The fourth-order valence-electron chi connectivity index (χ4n) is 4.43. The maximum atomic E-state index is 12.6. The minimum atomic E-state index is -0.168. The van der Waals surface area contributed by atoms with Crippen molar-refractivity contribution in [3.63, 3.8) is 0 Å². The minimum Gasteiger partial charge on any atom is -0.334 e. The first-order valence-electron chi connectivity index (χ1n) is 11.0. The summed E-state index contributed by atoms with van der Waals surface area (Å²) in [5, 5.41) is 9.09. The average molecular weight is 406 g/mol. The van der Waals surface area contributed by atoms with Crippen molar-refractivity contribution in [1.29, 1.82) is 0 Å². The van der Waals surface area contributed by atoms with Crippen LogP contribution in [-0.4, -0.2) is 11.9 Å². The molecule has 0 aliphatic heterocycles. The zero-order chi connectivity index (χ0) is 21.1. The van der Waals surface area contributed by atoms with Gasteiger partial charge in [-0.25, -0.2) is 4.79 Å². The SMILES string of the molecule is CC1(C)CC[C@@H](NC(=O)NCc2cccc(NC(=O)C3CCC3)c2)c2ccccc21. The Morgan fingerprint density at radius 2 is 1.83 bits per heavy atom. The van der Waals surface area contributed by atoms with Crippen molar-refractivity contribution >= 4 is 17.6 Å². The molecule has 3 amide bonds. The Morgan fingerprint density at radius 1 is 1.03 bits per heavy atom. The van der Waals surface area contributed by atoms with Crippen LogP contribution in [-0.2, 0) is 16.8 Å². The van der Waals surface area contributed by atoms with Gasteiger partial charge < -0.3 is 16.0 Å². The van der Waals surface area contributed by atoms with Crippen LogP contribution in [0.3, 0.4) is 0 Å². The predicted octanol–water partition coefficient (Wildman–Crippen LogP) is 5.04. The molecule has 3 N–H and O–H groups in total. The van der Waals surface area contributed by atoms with Gasteiger partial charge in [0.25, 0.3) is 0 Å². The van der Waals surface area contributed by atoms with E-state index in [9.17, 15) is 9.59 Å². The first-order chi connectivity index (χ1) is 14.4. The third kappa shape index (κ3) is 4.50. The molecule has 5 nitrogen and oxygen atoms in total. The highest BCUT2D eigenvalue weighted by Crippen LogP contribution is 2.41. The molecule has 30 heavy (non-hydrogen) atoms. The molecule has 4 rings (SSSR count). The number of anilines is 1. The van der Waals surface area contributed by atoms with E-state index in [-0.39, 0.29) is 29.3 Å². The molecule has 2 aromatic carbocycles. The highest BCUT2D eigenvalue weighted by Gasteiger charge is 2.32. The summed E-state index contributed by atoms with van der Waals surface area (Å²) in [7, 11) is 0. The smallest absolute Gasteiger partial charge is 0.315 e. The number of carbonyl (C=O) groups excluding carboxylic acids is 2. The molecule has 0 saturated heterocycles. The summed E-state index contributed by atoms with van der Waals surface area (Å²) in [6.07, 6.45) is 5.07. The lowest BCUT2D eigenvalue weighted by Gasteiger charge is -2.37. The summed E-state index contributed by atoms with van der Waals surface area (Å²) >= 11 is 0. The van der Waals surface area contributed by atoms with Crippen LogP contribution in [0, 0.1) is 5.92 Å². The molecular formula is C25H31N3O2. The summed E-state index contributed by atoms with van der Waals surface area (Å²) in [6, 6.07) is 15.9. The Hall–Kier alpha value is -2.82. The van der Waals surface area contributed by atoms with Crippen LogP contribution in [0.5, 0.6) is 0 Å². The van der Waals surface area contributed by atoms with Gasteiger partial charge >= 0.3 is 6.03 Å².